The largest absolute Gasteiger partial charge is 0.379 e. The summed E-state index contributed by atoms with van der Waals surface area (Å²) in [7, 11) is 0. The Morgan fingerprint density at radius 1 is 1.37 bits per heavy atom. The Morgan fingerprint density at radius 2 is 2.11 bits per heavy atom. The summed E-state index contributed by atoms with van der Waals surface area (Å²) in [6, 6.07) is 1.88. The number of nitrogens with one attached hydrogen (secondary N) is 2. The zero-order valence-corrected chi connectivity index (χ0v) is 17.5. The molecule has 2 atom stereocenters. The van der Waals surface area contributed by atoms with E-state index in [1.54, 1.807) is 6.92 Å². The summed E-state index contributed by atoms with van der Waals surface area (Å²) in [4.78, 5) is 14.9. The van der Waals surface area contributed by atoms with Crippen molar-refractivity contribution in [2.45, 2.75) is 24.9 Å². The number of rotatable bonds is 5. The Labute approximate surface area is 173 Å². The second-order valence-electron chi connectivity index (χ2n) is 6.96. The van der Waals surface area contributed by atoms with E-state index in [1.807, 2.05) is 11.8 Å². The highest BCUT2D eigenvalue weighted by Crippen LogP contribution is 2.33. The van der Waals surface area contributed by atoms with Gasteiger partial charge in [0, 0.05) is 35.9 Å². The zero-order chi connectivity index (χ0) is 19.4. The van der Waals surface area contributed by atoms with Gasteiger partial charge in [-0.3, -0.25) is 4.90 Å². The minimum atomic E-state index is -0.556. The van der Waals surface area contributed by atoms with Crippen LogP contribution in [-0.4, -0.2) is 60.8 Å². The van der Waals surface area contributed by atoms with E-state index in [4.69, 9.17) is 27.9 Å². The van der Waals surface area contributed by atoms with Crippen LogP contribution in [0.15, 0.2) is 12.1 Å². The molecule has 2 aliphatic rings. The quantitative estimate of drug-likeness (QED) is 0.692. The molecule has 3 rings (SSSR count). The minimum absolute atomic E-state index is 0.0287. The lowest BCUT2D eigenvalue weighted by Crippen LogP contribution is -2.60. The third-order valence-electron chi connectivity index (χ3n) is 5.20. The van der Waals surface area contributed by atoms with Crippen LogP contribution < -0.4 is 10.6 Å². The average molecular weight is 436 g/mol. The van der Waals surface area contributed by atoms with Crippen molar-refractivity contribution >= 4 is 41.0 Å². The van der Waals surface area contributed by atoms with E-state index < -0.39 is 11.9 Å². The van der Waals surface area contributed by atoms with Crippen LogP contribution in [0, 0.1) is 5.82 Å². The number of carbonyl (C=O) groups is 1. The summed E-state index contributed by atoms with van der Waals surface area (Å²) in [6.45, 7) is 5.57. The standard InChI is InChI=1S/C18H24Cl2FN3O2S/c1-12(13-8-16(21)15(20)9-14(13)19)23-17(25)22-10-18(2-7-27-11-18)24-3-5-26-6-4-24/h8-9,12H,2-7,10-11H2,1H3,(H2,22,23,25). The first-order chi connectivity index (χ1) is 12.9. The van der Waals surface area contributed by atoms with E-state index in [9.17, 15) is 9.18 Å². The minimum Gasteiger partial charge on any atom is -0.379 e. The maximum absolute atomic E-state index is 13.7. The number of hydrogen-bond donors (Lipinski definition) is 2. The van der Waals surface area contributed by atoms with Crippen molar-refractivity contribution in [1.29, 1.82) is 0 Å². The molecule has 2 fully saturated rings. The zero-order valence-electron chi connectivity index (χ0n) is 15.2. The summed E-state index contributed by atoms with van der Waals surface area (Å²) in [5.74, 6) is 1.53. The lowest BCUT2D eigenvalue weighted by atomic mass is 9.95. The predicted octanol–water partition coefficient (Wildman–Crippen LogP) is 3.70. The van der Waals surface area contributed by atoms with Gasteiger partial charge in [-0.1, -0.05) is 23.2 Å². The number of carbonyl (C=O) groups excluding carboxylic acids is 1. The summed E-state index contributed by atoms with van der Waals surface area (Å²) in [6.07, 6.45) is 1.04. The molecule has 2 amide bonds. The second kappa shape index (κ2) is 9.18. The fourth-order valence-corrected chi connectivity index (χ4v) is 5.60. The predicted molar refractivity (Wildman–Crippen MR) is 108 cm³/mol. The molecule has 5 nitrogen and oxygen atoms in total. The fourth-order valence-electron chi connectivity index (χ4n) is 3.57. The van der Waals surface area contributed by atoms with Crippen molar-refractivity contribution in [2.24, 2.45) is 0 Å². The van der Waals surface area contributed by atoms with Gasteiger partial charge >= 0.3 is 6.03 Å². The molecule has 2 aliphatic heterocycles. The highest BCUT2D eigenvalue weighted by Gasteiger charge is 2.40. The lowest BCUT2D eigenvalue weighted by molar-refractivity contribution is -0.0124. The van der Waals surface area contributed by atoms with Gasteiger partial charge in [0.25, 0.3) is 0 Å². The number of amides is 2. The molecule has 1 aromatic carbocycles. The number of nitrogens with zero attached hydrogens (tertiary/aromatic N) is 1. The molecule has 1 aromatic rings. The van der Waals surface area contributed by atoms with E-state index in [0.29, 0.717) is 17.1 Å². The third kappa shape index (κ3) is 5.01. The maximum atomic E-state index is 13.7. The second-order valence-corrected chi connectivity index (χ2v) is 8.88. The van der Waals surface area contributed by atoms with Gasteiger partial charge in [0.05, 0.1) is 24.3 Å². The van der Waals surface area contributed by atoms with Crippen molar-refractivity contribution < 1.29 is 13.9 Å². The molecule has 0 aliphatic carbocycles. The Balaban J connectivity index is 1.59. The number of thioether (sulfide) groups is 1. The van der Waals surface area contributed by atoms with Crippen molar-refractivity contribution in [1.82, 2.24) is 15.5 Å². The Morgan fingerprint density at radius 3 is 2.78 bits per heavy atom. The molecule has 150 valence electrons. The molecule has 2 N–H and O–H groups in total. The van der Waals surface area contributed by atoms with Gasteiger partial charge in [-0.15, -0.1) is 0 Å². The van der Waals surface area contributed by atoms with Crippen molar-refractivity contribution in [3.05, 3.63) is 33.6 Å². The van der Waals surface area contributed by atoms with Gasteiger partial charge in [-0.05, 0) is 36.8 Å². The van der Waals surface area contributed by atoms with Crippen LogP contribution >= 0.6 is 35.0 Å². The molecular formula is C18H24Cl2FN3O2S. The molecule has 0 bridgehead atoms. The van der Waals surface area contributed by atoms with Crippen LogP contribution in [0.5, 0.6) is 0 Å². The van der Waals surface area contributed by atoms with E-state index >= 15 is 0 Å². The molecule has 9 heteroatoms. The first-order valence-corrected chi connectivity index (χ1v) is 10.9. The van der Waals surface area contributed by atoms with Gasteiger partial charge in [-0.25, -0.2) is 9.18 Å². The first-order valence-electron chi connectivity index (χ1n) is 9.01. The SMILES string of the molecule is CC(NC(=O)NCC1(N2CCOCC2)CCSC1)c1cc(F)c(Cl)cc1Cl. The Hall–Kier alpha value is -0.730. The van der Waals surface area contributed by atoms with Crippen LogP contribution in [0.25, 0.3) is 0 Å². The summed E-state index contributed by atoms with van der Waals surface area (Å²) >= 11 is 13.8. The van der Waals surface area contributed by atoms with Crippen molar-refractivity contribution in [3.8, 4) is 0 Å². The normalized spacial score (nSPS) is 24.6. The molecule has 0 aromatic heterocycles. The number of morpholine rings is 1. The third-order valence-corrected chi connectivity index (χ3v) is 7.05. The van der Waals surface area contributed by atoms with Crippen molar-refractivity contribution in [3.63, 3.8) is 0 Å². The number of halogens is 3. The molecule has 27 heavy (non-hydrogen) atoms. The Bertz CT molecular complexity index is 683. The number of urea groups is 1. The summed E-state index contributed by atoms with van der Waals surface area (Å²) in [5, 5.41) is 6.12. The van der Waals surface area contributed by atoms with Crippen LogP contribution in [0.3, 0.4) is 0 Å². The number of ether oxygens (including phenoxy) is 1. The molecule has 2 heterocycles. The van der Waals surface area contributed by atoms with Gasteiger partial charge < -0.3 is 15.4 Å². The van der Waals surface area contributed by atoms with E-state index in [2.05, 4.69) is 15.5 Å². The molecule has 2 unspecified atom stereocenters. The van der Waals surface area contributed by atoms with E-state index in [0.717, 1.165) is 44.2 Å². The van der Waals surface area contributed by atoms with Gasteiger partial charge in [-0.2, -0.15) is 11.8 Å². The van der Waals surface area contributed by atoms with E-state index in [-0.39, 0.29) is 16.6 Å². The molecule has 0 radical (unpaired) electrons. The van der Waals surface area contributed by atoms with Gasteiger partial charge in [0.2, 0.25) is 0 Å². The number of hydrogen-bond acceptors (Lipinski definition) is 4. The molecule has 2 saturated heterocycles. The van der Waals surface area contributed by atoms with Crippen LogP contribution in [0.4, 0.5) is 9.18 Å². The molecule has 0 spiro atoms. The molecular weight excluding hydrogens is 412 g/mol. The lowest BCUT2D eigenvalue weighted by Gasteiger charge is -2.43. The van der Waals surface area contributed by atoms with Crippen LogP contribution in [0.1, 0.15) is 24.9 Å². The maximum Gasteiger partial charge on any atom is 0.315 e. The van der Waals surface area contributed by atoms with E-state index in [1.165, 1.54) is 12.1 Å². The smallest absolute Gasteiger partial charge is 0.315 e. The van der Waals surface area contributed by atoms with Gasteiger partial charge in [0.1, 0.15) is 5.82 Å². The first kappa shape index (κ1) is 21.0. The van der Waals surface area contributed by atoms with Crippen molar-refractivity contribution in [2.75, 3.05) is 44.4 Å². The van der Waals surface area contributed by atoms with Crippen LogP contribution in [0.2, 0.25) is 10.0 Å². The Kier molecular flexibility index (Phi) is 7.14. The summed E-state index contributed by atoms with van der Waals surface area (Å²) < 4.78 is 19.2. The molecule has 0 saturated carbocycles. The fraction of sp³-hybridized carbons (Fsp3) is 0.611. The highest BCUT2D eigenvalue weighted by molar-refractivity contribution is 7.99. The number of benzene rings is 1. The van der Waals surface area contributed by atoms with Crippen LogP contribution in [-0.2, 0) is 4.74 Å². The topological polar surface area (TPSA) is 53.6 Å². The van der Waals surface area contributed by atoms with Gasteiger partial charge in [0.15, 0.2) is 0 Å². The monoisotopic (exact) mass is 435 g/mol. The summed E-state index contributed by atoms with van der Waals surface area (Å²) in [5.41, 5.74) is 0.465. The average Bonchev–Trinajstić information content (AvgIpc) is 3.14. The highest BCUT2D eigenvalue weighted by atomic mass is 35.5.